The molecule has 2 aliphatic rings. The van der Waals surface area contributed by atoms with E-state index in [0.29, 0.717) is 6.04 Å². The SMILES string of the molecule is CC1=NC2CC=CC=C2C(C)=N1. The van der Waals surface area contributed by atoms with Crippen LogP contribution in [0.2, 0.25) is 0 Å². The van der Waals surface area contributed by atoms with Crippen molar-refractivity contribution in [2.75, 3.05) is 0 Å². The second-order valence-electron chi connectivity index (χ2n) is 3.18. The Bertz CT molecular complexity index is 319. The Hall–Kier alpha value is -1.18. The smallest absolute Gasteiger partial charge is 0.121 e. The molecule has 1 unspecified atom stereocenters. The molecule has 0 aromatic heterocycles. The Morgan fingerprint density at radius 1 is 1.42 bits per heavy atom. The van der Waals surface area contributed by atoms with Crippen LogP contribution in [0.4, 0.5) is 0 Å². The average molecular weight is 160 g/mol. The van der Waals surface area contributed by atoms with E-state index in [2.05, 4.69) is 35.1 Å². The molecule has 0 N–H and O–H groups in total. The maximum atomic E-state index is 4.46. The molecule has 1 heterocycles. The molecule has 1 aliphatic heterocycles. The van der Waals surface area contributed by atoms with Gasteiger partial charge in [0.25, 0.3) is 0 Å². The topological polar surface area (TPSA) is 24.7 Å². The van der Waals surface area contributed by atoms with Crippen molar-refractivity contribution in [2.45, 2.75) is 26.3 Å². The highest BCUT2D eigenvalue weighted by Gasteiger charge is 2.19. The zero-order chi connectivity index (χ0) is 8.55. The largest absolute Gasteiger partial charge is 0.262 e. The summed E-state index contributed by atoms with van der Waals surface area (Å²) >= 11 is 0. The highest BCUT2D eigenvalue weighted by molar-refractivity contribution is 6.08. The number of aliphatic imine (C=N–C) groups is 2. The fraction of sp³-hybridized carbons (Fsp3) is 0.400. The Kier molecular flexibility index (Phi) is 1.68. The van der Waals surface area contributed by atoms with Gasteiger partial charge in [-0.2, -0.15) is 0 Å². The quantitative estimate of drug-likeness (QED) is 0.518. The summed E-state index contributed by atoms with van der Waals surface area (Å²) in [5.41, 5.74) is 2.40. The molecule has 0 saturated heterocycles. The number of fused-ring (bicyclic) bond motifs is 1. The first-order valence-electron chi connectivity index (χ1n) is 4.24. The van der Waals surface area contributed by atoms with Crippen LogP contribution < -0.4 is 0 Å². The molecule has 2 heteroatoms. The predicted octanol–water partition coefficient (Wildman–Crippen LogP) is 2.13. The summed E-state index contributed by atoms with van der Waals surface area (Å²) in [7, 11) is 0. The highest BCUT2D eigenvalue weighted by Crippen LogP contribution is 2.21. The summed E-state index contributed by atoms with van der Waals surface area (Å²) in [5.74, 6) is 0.907. The Morgan fingerprint density at radius 2 is 2.25 bits per heavy atom. The van der Waals surface area contributed by atoms with Gasteiger partial charge in [0.05, 0.1) is 6.04 Å². The minimum absolute atomic E-state index is 0.340. The lowest BCUT2D eigenvalue weighted by molar-refractivity contribution is 0.793. The van der Waals surface area contributed by atoms with Crippen LogP contribution in [0.5, 0.6) is 0 Å². The molecule has 2 rings (SSSR count). The third kappa shape index (κ3) is 1.13. The fourth-order valence-electron chi connectivity index (χ4n) is 1.66. The van der Waals surface area contributed by atoms with Crippen LogP contribution >= 0.6 is 0 Å². The van der Waals surface area contributed by atoms with E-state index >= 15 is 0 Å². The summed E-state index contributed by atoms with van der Waals surface area (Å²) in [6.45, 7) is 4.01. The van der Waals surface area contributed by atoms with Crippen LogP contribution in [0.25, 0.3) is 0 Å². The molecule has 0 aromatic rings. The molecule has 0 bridgehead atoms. The zero-order valence-electron chi connectivity index (χ0n) is 7.41. The monoisotopic (exact) mass is 160 g/mol. The van der Waals surface area contributed by atoms with Crippen molar-refractivity contribution < 1.29 is 0 Å². The third-order valence-corrected chi connectivity index (χ3v) is 2.22. The Morgan fingerprint density at radius 3 is 3.08 bits per heavy atom. The van der Waals surface area contributed by atoms with Crippen molar-refractivity contribution >= 4 is 11.5 Å². The number of nitrogens with zero attached hydrogens (tertiary/aromatic N) is 2. The molecule has 0 fully saturated rings. The standard InChI is InChI=1S/C10H12N2/c1-7-9-5-3-4-6-10(9)12-8(2)11-7/h3-5,10H,6H2,1-2H3. The van der Waals surface area contributed by atoms with Crippen molar-refractivity contribution in [2.24, 2.45) is 9.98 Å². The zero-order valence-corrected chi connectivity index (χ0v) is 7.41. The molecule has 2 nitrogen and oxygen atoms in total. The van der Waals surface area contributed by atoms with Gasteiger partial charge in [-0.05, 0) is 25.8 Å². The maximum Gasteiger partial charge on any atom is 0.121 e. The summed E-state index contributed by atoms with van der Waals surface area (Å²) in [5, 5.41) is 0. The van der Waals surface area contributed by atoms with Gasteiger partial charge in [-0.25, -0.2) is 4.99 Å². The molecule has 62 valence electrons. The predicted molar refractivity (Wildman–Crippen MR) is 51.8 cm³/mol. The molecule has 1 aliphatic carbocycles. The first kappa shape index (κ1) is 7.47. The van der Waals surface area contributed by atoms with E-state index in [1.807, 2.05) is 6.92 Å². The molecular formula is C10H12N2. The number of hydrogen-bond acceptors (Lipinski definition) is 2. The number of hydrogen-bond donors (Lipinski definition) is 0. The highest BCUT2D eigenvalue weighted by atomic mass is 15.0. The molecule has 1 atom stereocenters. The van der Waals surface area contributed by atoms with E-state index in [1.54, 1.807) is 0 Å². The molecule has 0 saturated carbocycles. The lowest BCUT2D eigenvalue weighted by Crippen LogP contribution is -2.21. The Balaban J connectivity index is 2.42. The van der Waals surface area contributed by atoms with Gasteiger partial charge in [0.15, 0.2) is 0 Å². The minimum Gasteiger partial charge on any atom is -0.262 e. The van der Waals surface area contributed by atoms with Crippen molar-refractivity contribution in [3.8, 4) is 0 Å². The van der Waals surface area contributed by atoms with Gasteiger partial charge in [-0.3, -0.25) is 4.99 Å². The fourth-order valence-corrected chi connectivity index (χ4v) is 1.66. The second kappa shape index (κ2) is 2.70. The van der Waals surface area contributed by atoms with Crippen molar-refractivity contribution in [1.82, 2.24) is 0 Å². The van der Waals surface area contributed by atoms with Crippen LogP contribution in [0.15, 0.2) is 33.8 Å². The lowest BCUT2D eigenvalue weighted by Gasteiger charge is -2.21. The van der Waals surface area contributed by atoms with Gasteiger partial charge in [-0.1, -0.05) is 18.2 Å². The molecule has 0 radical (unpaired) electrons. The van der Waals surface area contributed by atoms with Crippen molar-refractivity contribution in [3.63, 3.8) is 0 Å². The van der Waals surface area contributed by atoms with Gasteiger partial charge in [0, 0.05) is 5.71 Å². The van der Waals surface area contributed by atoms with Gasteiger partial charge >= 0.3 is 0 Å². The van der Waals surface area contributed by atoms with Crippen LogP contribution in [0.3, 0.4) is 0 Å². The third-order valence-electron chi connectivity index (χ3n) is 2.22. The molecular weight excluding hydrogens is 148 g/mol. The van der Waals surface area contributed by atoms with E-state index in [1.165, 1.54) is 5.57 Å². The second-order valence-corrected chi connectivity index (χ2v) is 3.18. The van der Waals surface area contributed by atoms with Crippen LogP contribution in [0, 0.1) is 0 Å². The average Bonchev–Trinajstić information content (AvgIpc) is 2.04. The minimum atomic E-state index is 0.340. The van der Waals surface area contributed by atoms with Gasteiger partial charge in [-0.15, -0.1) is 0 Å². The van der Waals surface area contributed by atoms with Crippen LogP contribution in [-0.4, -0.2) is 17.6 Å². The van der Waals surface area contributed by atoms with Crippen LogP contribution in [-0.2, 0) is 0 Å². The maximum absolute atomic E-state index is 4.46. The number of allylic oxidation sites excluding steroid dienone is 2. The molecule has 0 spiro atoms. The number of amidine groups is 1. The van der Waals surface area contributed by atoms with Crippen molar-refractivity contribution in [1.29, 1.82) is 0 Å². The normalized spacial score (nSPS) is 27.2. The summed E-state index contributed by atoms with van der Waals surface area (Å²) < 4.78 is 0. The van der Waals surface area contributed by atoms with E-state index in [4.69, 9.17) is 0 Å². The van der Waals surface area contributed by atoms with Gasteiger partial charge < -0.3 is 0 Å². The summed E-state index contributed by atoms with van der Waals surface area (Å²) in [6.07, 6.45) is 7.38. The van der Waals surface area contributed by atoms with E-state index < -0.39 is 0 Å². The molecule has 0 aromatic carbocycles. The van der Waals surface area contributed by atoms with Crippen LogP contribution in [0.1, 0.15) is 20.3 Å². The first-order chi connectivity index (χ1) is 5.77. The first-order valence-corrected chi connectivity index (χ1v) is 4.24. The summed E-state index contributed by atoms with van der Waals surface area (Å²) in [6, 6.07) is 0.340. The number of rotatable bonds is 0. The Labute approximate surface area is 72.4 Å². The molecule has 12 heavy (non-hydrogen) atoms. The van der Waals surface area contributed by atoms with E-state index in [0.717, 1.165) is 18.0 Å². The summed E-state index contributed by atoms with van der Waals surface area (Å²) in [4.78, 5) is 8.80. The van der Waals surface area contributed by atoms with Gasteiger partial charge in [0.1, 0.15) is 5.84 Å². The van der Waals surface area contributed by atoms with Crippen molar-refractivity contribution in [3.05, 3.63) is 23.8 Å². The van der Waals surface area contributed by atoms with E-state index in [9.17, 15) is 0 Å². The lowest BCUT2D eigenvalue weighted by atomic mass is 9.95. The van der Waals surface area contributed by atoms with E-state index in [-0.39, 0.29) is 0 Å². The molecule has 0 amide bonds. The van der Waals surface area contributed by atoms with Gasteiger partial charge in [0.2, 0.25) is 0 Å².